The summed E-state index contributed by atoms with van der Waals surface area (Å²) in [4.78, 5) is 9.58. The van der Waals surface area contributed by atoms with Crippen molar-refractivity contribution in [1.29, 1.82) is 0 Å². The Morgan fingerprint density at radius 3 is 2.26 bits per heavy atom. The van der Waals surface area contributed by atoms with Crippen molar-refractivity contribution < 1.29 is 9.47 Å². The van der Waals surface area contributed by atoms with Crippen molar-refractivity contribution in [1.82, 2.24) is 9.97 Å². The molecule has 0 aliphatic rings. The number of hydrogen-bond acceptors (Lipinski definition) is 4. The van der Waals surface area contributed by atoms with Gasteiger partial charge in [-0.25, -0.2) is 9.97 Å². The first-order chi connectivity index (χ1) is 18.2. The molecule has 0 bridgehead atoms. The van der Waals surface area contributed by atoms with Crippen LogP contribution in [0.1, 0.15) is 74.9 Å². The zero-order valence-electron chi connectivity index (χ0n) is 24.0. The SMILES string of the molecule is CC\C=C/C(=C\C=C(/C)Cc1nc(C)c(OCc2ccccc2)c(COC)n1)c1ccc(C(C)(C)C)cc1. The van der Waals surface area contributed by atoms with Crippen LogP contribution in [0.4, 0.5) is 0 Å². The molecule has 0 fully saturated rings. The molecule has 200 valence electrons. The molecule has 2 aromatic carbocycles. The highest BCUT2D eigenvalue weighted by atomic mass is 16.5. The number of rotatable bonds is 11. The molecule has 0 aliphatic carbocycles. The number of allylic oxidation sites excluding steroid dienone is 6. The topological polar surface area (TPSA) is 44.2 Å². The van der Waals surface area contributed by atoms with Gasteiger partial charge in [-0.05, 0) is 47.9 Å². The molecule has 0 radical (unpaired) electrons. The molecule has 4 nitrogen and oxygen atoms in total. The molecule has 38 heavy (non-hydrogen) atoms. The molecule has 0 N–H and O–H groups in total. The quantitative estimate of drug-likeness (QED) is 0.243. The van der Waals surface area contributed by atoms with Crippen molar-refractivity contribution in [2.45, 2.75) is 73.0 Å². The third kappa shape index (κ3) is 8.53. The van der Waals surface area contributed by atoms with Crippen LogP contribution in [0.5, 0.6) is 5.75 Å². The highest BCUT2D eigenvalue weighted by molar-refractivity contribution is 5.75. The van der Waals surface area contributed by atoms with Crippen molar-refractivity contribution in [3.63, 3.8) is 0 Å². The molecular weight excluding hydrogens is 468 g/mol. The van der Waals surface area contributed by atoms with Crippen molar-refractivity contribution in [3.05, 3.63) is 118 Å². The van der Waals surface area contributed by atoms with E-state index in [0.717, 1.165) is 29.2 Å². The molecule has 0 spiro atoms. The highest BCUT2D eigenvalue weighted by Gasteiger charge is 2.15. The van der Waals surface area contributed by atoms with Gasteiger partial charge in [-0.3, -0.25) is 0 Å². The number of nitrogens with zero attached hydrogens (tertiary/aromatic N) is 2. The van der Waals surface area contributed by atoms with Gasteiger partial charge in [-0.15, -0.1) is 0 Å². The molecule has 0 unspecified atom stereocenters. The van der Waals surface area contributed by atoms with Crippen LogP contribution in [0.15, 0.2) is 84.5 Å². The smallest absolute Gasteiger partial charge is 0.164 e. The van der Waals surface area contributed by atoms with Gasteiger partial charge in [0.1, 0.15) is 18.1 Å². The summed E-state index contributed by atoms with van der Waals surface area (Å²) >= 11 is 0. The lowest BCUT2D eigenvalue weighted by Gasteiger charge is -2.19. The third-order valence-corrected chi connectivity index (χ3v) is 6.26. The Balaban J connectivity index is 1.81. The molecule has 4 heteroatoms. The molecule has 1 aromatic heterocycles. The van der Waals surface area contributed by atoms with E-state index in [2.05, 4.69) is 83.2 Å². The number of hydrogen-bond donors (Lipinski definition) is 0. The van der Waals surface area contributed by atoms with Gasteiger partial charge in [0.15, 0.2) is 5.75 Å². The van der Waals surface area contributed by atoms with Gasteiger partial charge in [-0.1, -0.05) is 112 Å². The van der Waals surface area contributed by atoms with Gasteiger partial charge in [0.25, 0.3) is 0 Å². The third-order valence-electron chi connectivity index (χ3n) is 6.26. The standard InChI is InChI=1S/C34H42N2O2/c1-8-9-15-28(29-18-20-30(21-19-29)34(4,5)6)17-16-25(2)22-32-35-26(3)33(31(36-32)24-37-7)38-23-27-13-11-10-12-14-27/h9-21H,8,22-24H2,1-7H3/b15-9-,25-16+,28-17+. The minimum Gasteiger partial charge on any atom is -0.485 e. The summed E-state index contributed by atoms with van der Waals surface area (Å²) in [5.41, 5.74) is 7.76. The maximum Gasteiger partial charge on any atom is 0.164 e. The van der Waals surface area contributed by atoms with Crippen molar-refractivity contribution in [3.8, 4) is 5.75 Å². The van der Waals surface area contributed by atoms with E-state index in [4.69, 9.17) is 19.4 Å². The van der Waals surface area contributed by atoms with Crippen LogP contribution in [0.3, 0.4) is 0 Å². The molecule has 0 atom stereocenters. The second kappa shape index (κ2) is 13.9. The normalized spacial score (nSPS) is 12.8. The molecule has 1 heterocycles. The average Bonchev–Trinajstić information content (AvgIpc) is 2.88. The minimum absolute atomic E-state index is 0.139. The minimum atomic E-state index is 0.139. The fraction of sp³-hybridized carbons (Fsp3) is 0.353. The van der Waals surface area contributed by atoms with Crippen molar-refractivity contribution in [2.75, 3.05) is 7.11 Å². The van der Waals surface area contributed by atoms with Crippen LogP contribution in [0, 0.1) is 6.92 Å². The Hall–Kier alpha value is -3.50. The van der Waals surface area contributed by atoms with Crippen LogP contribution >= 0.6 is 0 Å². The highest BCUT2D eigenvalue weighted by Crippen LogP contribution is 2.26. The van der Waals surface area contributed by atoms with Crippen LogP contribution in [-0.2, 0) is 29.8 Å². The lowest BCUT2D eigenvalue weighted by atomic mass is 9.86. The van der Waals surface area contributed by atoms with Crippen LogP contribution in [0.25, 0.3) is 5.57 Å². The number of aryl methyl sites for hydroxylation is 1. The van der Waals surface area contributed by atoms with E-state index in [1.807, 2.05) is 37.3 Å². The number of aromatic nitrogens is 2. The Morgan fingerprint density at radius 2 is 1.63 bits per heavy atom. The van der Waals surface area contributed by atoms with Crippen LogP contribution in [0.2, 0.25) is 0 Å². The first kappa shape index (κ1) is 29.1. The van der Waals surface area contributed by atoms with E-state index in [-0.39, 0.29) is 5.41 Å². The Labute approximate surface area is 229 Å². The first-order valence-corrected chi connectivity index (χ1v) is 13.4. The number of benzene rings is 2. The second-order valence-electron chi connectivity index (χ2n) is 10.7. The molecule has 0 aliphatic heterocycles. The van der Waals surface area contributed by atoms with E-state index < -0.39 is 0 Å². The van der Waals surface area contributed by atoms with E-state index >= 15 is 0 Å². The van der Waals surface area contributed by atoms with E-state index in [9.17, 15) is 0 Å². The zero-order chi connectivity index (χ0) is 27.5. The van der Waals surface area contributed by atoms with Crippen molar-refractivity contribution >= 4 is 5.57 Å². The molecule has 3 aromatic rings. The summed E-state index contributed by atoms with van der Waals surface area (Å²) in [6.45, 7) is 13.8. The molecule has 3 rings (SSSR count). The van der Waals surface area contributed by atoms with Gasteiger partial charge in [0.05, 0.1) is 12.3 Å². The predicted octanol–water partition coefficient (Wildman–Crippen LogP) is 8.35. The lowest BCUT2D eigenvalue weighted by Crippen LogP contribution is -2.10. The Kier molecular flexibility index (Phi) is 10.6. The summed E-state index contributed by atoms with van der Waals surface area (Å²) in [5, 5.41) is 0. The fourth-order valence-corrected chi connectivity index (χ4v) is 4.11. The Morgan fingerprint density at radius 1 is 0.921 bits per heavy atom. The van der Waals surface area contributed by atoms with Gasteiger partial charge < -0.3 is 9.47 Å². The average molecular weight is 511 g/mol. The van der Waals surface area contributed by atoms with Crippen LogP contribution < -0.4 is 4.74 Å². The maximum absolute atomic E-state index is 6.12. The van der Waals surface area contributed by atoms with Gasteiger partial charge in [0, 0.05) is 13.5 Å². The number of methoxy groups -OCH3 is 1. The summed E-state index contributed by atoms with van der Waals surface area (Å²) in [6.07, 6.45) is 10.4. The summed E-state index contributed by atoms with van der Waals surface area (Å²) in [6, 6.07) is 19.0. The summed E-state index contributed by atoms with van der Waals surface area (Å²) in [5.74, 6) is 1.47. The first-order valence-electron chi connectivity index (χ1n) is 13.4. The van der Waals surface area contributed by atoms with E-state index in [1.165, 1.54) is 22.3 Å². The summed E-state index contributed by atoms with van der Waals surface area (Å²) in [7, 11) is 1.67. The predicted molar refractivity (Wildman–Crippen MR) is 158 cm³/mol. The van der Waals surface area contributed by atoms with E-state index in [1.54, 1.807) is 7.11 Å². The largest absolute Gasteiger partial charge is 0.485 e. The second-order valence-corrected chi connectivity index (χ2v) is 10.7. The Bertz CT molecular complexity index is 1260. The van der Waals surface area contributed by atoms with Crippen molar-refractivity contribution in [2.24, 2.45) is 0 Å². The molecular formula is C34H42N2O2. The monoisotopic (exact) mass is 510 g/mol. The lowest BCUT2D eigenvalue weighted by molar-refractivity contribution is 0.174. The van der Waals surface area contributed by atoms with Gasteiger partial charge in [0.2, 0.25) is 0 Å². The summed E-state index contributed by atoms with van der Waals surface area (Å²) < 4.78 is 11.6. The number of ether oxygens (including phenoxy) is 2. The zero-order valence-corrected chi connectivity index (χ0v) is 24.0. The van der Waals surface area contributed by atoms with Gasteiger partial charge in [-0.2, -0.15) is 0 Å². The van der Waals surface area contributed by atoms with Crippen LogP contribution in [-0.4, -0.2) is 17.1 Å². The molecule has 0 amide bonds. The van der Waals surface area contributed by atoms with E-state index in [0.29, 0.717) is 25.4 Å². The maximum atomic E-state index is 6.12. The molecule has 0 saturated heterocycles. The van der Waals surface area contributed by atoms with Gasteiger partial charge >= 0.3 is 0 Å². The fourth-order valence-electron chi connectivity index (χ4n) is 4.11. The molecule has 0 saturated carbocycles.